The van der Waals surface area contributed by atoms with Crippen molar-refractivity contribution in [3.8, 4) is 5.75 Å². The number of aryl methyl sites for hydroxylation is 1. The van der Waals surface area contributed by atoms with Crippen LogP contribution in [0.5, 0.6) is 5.75 Å². The number of rotatable bonds is 8. The third-order valence-electron chi connectivity index (χ3n) is 5.11. The molecule has 9 heteroatoms. The van der Waals surface area contributed by atoms with Crippen LogP contribution in [0.25, 0.3) is 0 Å². The Hall–Kier alpha value is -3.10. The summed E-state index contributed by atoms with van der Waals surface area (Å²) in [6.07, 6.45) is 0. The Morgan fingerprint density at radius 3 is 2.50 bits per heavy atom. The maximum atomic E-state index is 13.2. The number of anilines is 1. The SMILES string of the molecule is Cc1ccc(NC(=O)C(C(C)C)N2C(=O)N[C@H](c3ccc(OCCO)cc3)C2=O)c(Cl)c1. The van der Waals surface area contributed by atoms with Crippen molar-refractivity contribution in [1.29, 1.82) is 0 Å². The predicted octanol–water partition coefficient (Wildman–Crippen LogP) is 3.28. The topological polar surface area (TPSA) is 108 Å². The first-order valence-electron chi connectivity index (χ1n) is 10.3. The van der Waals surface area contributed by atoms with Gasteiger partial charge in [0.25, 0.3) is 5.91 Å². The van der Waals surface area contributed by atoms with Crippen LogP contribution in [-0.2, 0) is 9.59 Å². The van der Waals surface area contributed by atoms with E-state index < -0.39 is 29.9 Å². The van der Waals surface area contributed by atoms with Crippen LogP contribution in [0.2, 0.25) is 5.02 Å². The second-order valence-corrected chi connectivity index (χ2v) is 8.30. The van der Waals surface area contributed by atoms with Crippen molar-refractivity contribution >= 4 is 35.1 Å². The molecule has 0 aromatic heterocycles. The van der Waals surface area contributed by atoms with Crippen molar-refractivity contribution in [2.24, 2.45) is 5.92 Å². The summed E-state index contributed by atoms with van der Waals surface area (Å²) in [5, 5.41) is 14.6. The van der Waals surface area contributed by atoms with E-state index in [1.54, 1.807) is 50.2 Å². The number of halogens is 1. The van der Waals surface area contributed by atoms with Gasteiger partial charge in [-0.1, -0.05) is 43.6 Å². The molecule has 0 aliphatic carbocycles. The quantitative estimate of drug-likeness (QED) is 0.525. The van der Waals surface area contributed by atoms with E-state index in [2.05, 4.69) is 10.6 Å². The van der Waals surface area contributed by atoms with Gasteiger partial charge >= 0.3 is 6.03 Å². The fourth-order valence-corrected chi connectivity index (χ4v) is 3.83. The number of carbonyl (C=O) groups excluding carboxylic acids is 3. The standard InChI is InChI=1S/C23H26ClN3O5/c1-13(2)20(21(29)25-18-9-4-14(3)12-17(18)24)27-22(30)19(26-23(27)31)15-5-7-16(8-6-15)32-11-10-28/h4-9,12-13,19-20,28H,10-11H2,1-3H3,(H,25,29)(H,26,31)/t19-,20?/m1/s1. The number of nitrogens with zero attached hydrogens (tertiary/aromatic N) is 1. The number of hydrogen-bond donors (Lipinski definition) is 3. The van der Waals surface area contributed by atoms with Crippen LogP contribution in [0.4, 0.5) is 10.5 Å². The molecule has 1 fully saturated rings. The lowest BCUT2D eigenvalue weighted by Gasteiger charge is -2.27. The van der Waals surface area contributed by atoms with Gasteiger partial charge < -0.3 is 20.5 Å². The normalized spacial score (nSPS) is 16.8. The summed E-state index contributed by atoms with van der Waals surface area (Å²) in [4.78, 5) is 39.9. The molecule has 0 saturated carbocycles. The number of aliphatic hydroxyl groups excluding tert-OH is 1. The fourth-order valence-electron chi connectivity index (χ4n) is 3.55. The van der Waals surface area contributed by atoms with E-state index >= 15 is 0 Å². The van der Waals surface area contributed by atoms with Crippen molar-refractivity contribution < 1.29 is 24.2 Å². The lowest BCUT2D eigenvalue weighted by Crippen LogP contribution is -2.50. The first-order valence-corrected chi connectivity index (χ1v) is 10.6. The average Bonchev–Trinajstić information content (AvgIpc) is 3.03. The maximum absolute atomic E-state index is 13.2. The van der Waals surface area contributed by atoms with Gasteiger partial charge in [-0.05, 0) is 48.2 Å². The van der Waals surface area contributed by atoms with Crippen LogP contribution in [0, 0.1) is 12.8 Å². The molecule has 170 valence electrons. The van der Waals surface area contributed by atoms with Crippen molar-refractivity contribution in [3.63, 3.8) is 0 Å². The van der Waals surface area contributed by atoms with Crippen LogP contribution in [-0.4, -0.2) is 47.1 Å². The number of hydrogen-bond acceptors (Lipinski definition) is 5. The summed E-state index contributed by atoms with van der Waals surface area (Å²) in [6, 6.07) is 9.28. The molecule has 1 heterocycles. The molecule has 1 aliphatic rings. The molecule has 0 bridgehead atoms. The number of urea groups is 1. The number of benzene rings is 2. The molecule has 8 nitrogen and oxygen atoms in total. The fraction of sp³-hybridized carbons (Fsp3) is 0.348. The number of ether oxygens (including phenoxy) is 1. The van der Waals surface area contributed by atoms with Gasteiger partial charge in [-0.25, -0.2) is 9.69 Å². The van der Waals surface area contributed by atoms with Crippen molar-refractivity contribution in [2.45, 2.75) is 32.9 Å². The molecule has 0 spiro atoms. The highest BCUT2D eigenvalue weighted by Gasteiger charge is 2.46. The highest BCUT2D eigenvalue weighted by atomic mass is 35.5. The van der Waals surface area contributed by atoms with Crippen LogP contribution >= 0.6 is 11.6 Å². The number of nitrogens with one attached hydrogen (secondary N) is 2. The van der Waals surface area contributed by atoms with Gasteiger partial charge in [0.2, 0.25) is 5.91 Å². The van der Waals surface area contributed by atoms with Gasteiger partial charge in [-0.2, -0.15) is 0 Å². The Bertz CT molecular complexity index is 1010. The molecule has 2 atom stereocenters. The predicted molar refractivity (Wildman–Crippen MR) is 121 cm³/mol. The Labute approximate surface area is 191 Å². The minimum Gasteiger partial charge on any atom is -0.491 e. The molecular formula is C23H26ClN3O5. The molecule has 1 unspecified atom stereocenters. The summed E-state index contributed by atoms with van der Waals surface area (Å²) in [6.45, 7) is 5.46. The van der Waals surface area contributed by atoms with Crippen LogP contribution in [0.15, 0.2) is 42.5 Å². The Morgan fingerprint density at radius 1 is 1.22 bits per heavy atom. The molecule has 1 saturated heterocycles. The van der Waals surface area contributed by atoms with Gasteiger partial charge in [0.15, 0.2) is 0 Å². The lowest BCUT2D eigenvalue weighted by molar-refractivity contribution is -0.135. The van der Waals surface area contributed by atoms with Crippen LogP contribution in [0.3, 0.4) is 0 Å². The third-order valence-corrected chi connectivity index (χ3v) is 5.42. The third kappa shape index (κ3) is 5.03. The Kier molecular flexibility index (Phi) is 7.37. The average molecular weight is 460 g/mol. The summed E-state index contributed by atoms with van der Waals surface area (Å²) in [5.41, 5.74) is 1.92. The Morgan fingerprint density at radius 2 is 1.91 bits per heavy atom. The zero-order chi connectivity index (χ0) is 23.4. The van der Waals surface area contributed by atoms with Gasteiger partial charge in [0.05, 0.1) is 17.3 Å². The second-order valence-electron chi connectivity index (χ2n) is 7.89. The molecular weight excluding hydrogens is 434 g/mol. The van der Waals surface area contributed by atoms with Gasteiger partial charge in [0.1, 0.15) is 24.4 Å². The zero-order valence-electron chi connectivity index (χ0n) is 18.1. The lowest BCUT2D eigenvalue weighted by atomic mass is 10.00. The van der Waals surface area contributed by atoms with Crippen LogP contribution < -0.4 is 15.4 Å². The van der Waals surface area contributed by atoms with E-state index in [1.165, 1.54) is 0 Å². The summed E-state index contributed by atoms with van der Waals surface area (Å²) < 4.78 is 5.32. The molecule has 3 N–H and O–H groups in total. The maximum Gasteiger partial charge on any atom is 0.325 e. The van der Waals surface area contributed by atoms with Gasteiger partial charge in [-0.15, -0.1) is 0 Å². The Balaban J connectivity index is 1.80. The second kappa shape index (κ2) is 10.0. The minimum atomic E-state index is -1.02. The smallest absolute Gasteiger partial charge is 0.325 e. The van der Waals surface area contributed by atoms with Crippen molar-refractivity contribution in [1.82, 2.24) is 10.2 Å². The summed E-state index contributed by atoms with van der Waals surface area (Å²) in [5.74, 6) is -0.807. The molecule has 2 aromatic carbocycles. The van der Waals surface area contributed by atoms with Crippen LogP contribution in [0.1, 0.15) is 31.0 Å². The van der Waals surface area contributed by atoms with Crippen molar-refractivity contribution in [2.75, 3.05) is 18.5 Å². The molecule has 0 radical (unpaired) electrons. The molecule has 1 aliphatic heterocycles. The molecule has 4 amide bonds. The summed E-state index contributed by atoms with van der Waals surface area (Å²) in [7, 11) is 0. The molecule has 3 rings (SSSR count). The molecule has 2 aromatic rings. The van der Waals surface area contributed by atoms with Gasteiger partial charge in [-0.3, -0.25) is 9.59 Å². The highest BCUT2D eigenvalue weighted by Crippen LogP contribution is 2.29. The number of aliphatic hydroxyl groups is 1. The van der Waals surface area contributed by atoms with E-state index in [-0.39, 0.29) is 19.1 Å². The van der Waals surface area contributed by atoms with E-state index in [0.29, 0.717) is 22.0 Å². The number of imide groups is 1. The largest absolute Gasteiger partial charge is 0.491 e. The van der Waals surface area contributed by atoms with Crippen molar-refractivity contribution in [3.05, 3.63) is 58.6 Å². The number of carbonyl (C=O) groups is 3. The van der Waals surface area contributed by atoms with E-state index in [1.807, 2.05) is 13.0 Å². The monoisotopic (exact) mass is 459 g/mol. The summed E-state index contributed by atoms with van der Waals surface area (Å²) >= 11 is 6.22. The van der Waals surface area contributed by atoms with E-state index in [4.69, 9.17) is 21.4 Å². The number of amides is 4. The molecule has 32 heavy (non-hydrogen) atoms. The first kappa shape index (κ1) is 23.6. The van der Waals surface area contributed by atoms with Gasteiger partial charge in [0, 0.05) is 0 Å². The minimum absolute atomic E-state index is 0.111. The zero-order valence-corrected chi connectivity index (χ0v) is 18.8. The van der Waals surface area contributed by atoms with E-state index in [0.717, 1.165) is 10.5 Å². The highest BCUT2D eigenvalue weighted by molar-refractivity contribution is 6.33. The first-order chi connectivity index (χ1) is 15.2. The van der Waals surface area contributed by atoms with E-state index in [9.17, 15) is 14.4 Å².